The monoisotopic (exact) mass is 494 g/mol. The molecule has 150 valence electrons. The lowest BCUT2D eigenvalue weighted by atomic mass is 9.95. The zero-order valence-electron chi connectivity index (χ0n) is 16.6. The van der Waals surface area contributed by atoms with E-state index in [1.54, 1.807) is 0 Å². The van der Waals surface area contributed by atoms with Crippen molar-refractivity contribution in [1.29, 1.82) is 0 Å². The lowest BCUT2D eigenvalue weighted by Crippen LogP contribution is -2.45. The summed E-state index contributed by atoms with van der Waals surface area (Å²) in [5.74, 6) is 2.21. The van der Waals surface area contributed by atoms with Crippen LogP contribution in [0.5, 0.6) is 0 Å². The molecule has 2 unspecified atom stereocenters. The fourth-order valence-electron chi connectivity index (χ4n) is 3.46. The highest BCUT2D eigenvalue weighted by atomic mass is 127. The minimum Gasteiger partial charge on any atom is -0.359 e. The van der Waals surface area contributed by atoms with Gasteiger partial charge < -0.3 is 15.2 Å². The first-order chi connectivity index (χ1) is 12.2. The van der Waals surface area contributed by atoms with Gasteiger partial charge in [0.2, 0.25) is 0 Å². The third-order valence-electron chi connectivity index (χ3n) is 5.02. The minimum atomic E-state index is 0. The second-order valence-electron chi connectivity index (χ2n) is 6.79. The predicted octanol–water partition coefficient (Wildman–Crippen LogP) is 4.93. The number of rotatable bonds is 8. The molecule has 7 heteroatoms. The zero-order chi connectivity index (χ0) is 18.1. The maximum atomic E-state index is 5.49. The summed E-state index contributed by atoms with van der Waals surface area (Å²) in [6, 6.07) is 2.58. The van der Waals surface area contributed by atoms with Crippen LogP contribution in [0.25, 0.3) is 0 Å². The van der Waals surface area contributed by atoms with Crippen molar-refractivity contribution < 1.29 is 4.52 Å². The maximum absolute atomic E-state index is 5.49. The Balaban J connectivity index is 0.00000338. The van der Waals surface area contributed by atoms with Crippen molar-refractivity contribution >= 4 is 41.7 Å². The molecule has 2 rings (SSSR count). The molecule has 1 heterocycles. The van der Waals surface area contributed by atoms with Gasteiger partial charge in [0, 0.05) is 29.8 Å². The topological polar surface area (TPSA) is 62.5 Å². The van der Waals surface area contributed by atoms with Gasteiger partial charge in [-0.3, -0.25) is 0 Å². The highest BCUT2D eigenvalue weighted by Gasteiger charge is 2.22. The number of aromatic nitrogens is 1. The summed E-state index contributed by atoms with van der Waals surface area (Å²) in [6.07, 6.45) is 9.47. The summed E-state index contributed by atoms with van der Waals surface area (Å²) >= 11 is 1.99. The Hall–Kier alpha value is -0.440. The van der Waals surface area contributed by atoms with Gasteiger partial charge in [-0.25, -0.2) is 4.99 Å². The molecule has 0 radical (unpaired) electrons. The second kappa shape index (κ2) is 12.9. The molecule has 1 aliphatic rings. The average molecular weight is 494 g/mol. The van der Waals surface area contributed by atoms with Crippen molar-refractivity contribution in [2.45, 2.75) is 83.1 Å². The first kappa shape index (κ1) is 23.6. The van der Waals surface area contributed by atoms with Gasteiger partial charge >= 0.3 is 0 Å². The lowest BCUT2D eigenvalue weighted by Gasteiger charge is -2.29. The molecule has 5 nitrogen and oxygen atoms in total. The van der Waals surface area contributed by atoms with E-state index in [9.17, 15) is 0 Å². The number of hydrogen-bond acceptors (Lipinski definition) is 4. The van der Waals surface area contributed by atoms with Crippen LogP contribution < -0.4 is 10.6 Å². The maximum Gasteiger partial charge on any atom is 0.191 e. The fourth-order valence-corrected chi connectivity index (χ4v) is 4.29. The van der Waals surface area contributed by atoms with E-state index >= 15 is 0 Å². The van der Waals surface area contributed by atoms with E-state index in [2.05, 4.69) is 48.9 Å². The molecule has 1 aromatic rings. The quantitative estimate of drug-likeness (QED) is 0.305. The molecule has 1 aliphatic carbocycles. The molecule has 1 fully saturated rings. The number of nitrogens with one attached hydrogen (secondary N) is 2. The zero-order valence-corrected chi connectivity index (χ0v) is 19.7. The number of halogens is 1. The summed E-state index contributed by atoms with van der Waals surface area (Å²) in [6.45, 7) is 7.88. The van der Waals surface area contributed by atoms with E-state index in [1.807, 2.05) is 11.8 Å². The van der Waals surface area contributed by atoms with Gasteiger partial charge in [0.05, 0.1) is 5.69 Å². The highest BCUT2D eigenvalue weighted by molar-refractivity contribution is 14.0. The molecule has 2 N–H and O–H groups in total. The van der Waals surface area contributed by atoms with Gasteiger partial charge in [0.15, 0.2) is 11.7 Å². The van der Waals surface area contributed by atoms with E-state index in [-0.39, 0.29) is 24.0 Å². The predicted molar refractivity (Wildman–Crippen MR) is 123 cm³/mol. The summed E-state index contributed by atoms with van der Waals surface area (Å²) < 4.78 is 5.49. The van der Waals surface area contributed by atoms with E-state index in [0.717, 1.165) is 42.1 Å². The minimum absolute atomic E-state index is 0. The van der Waals surface area contributed by atoms with Crippen molar-refractivity contribution in [2.75, 3.05) is 12.8 Å². The first-order valence-corrected chi connectivity index (χ1v) is 11.0. The molecular weight excluding hydrogens is 459 g/mol. The van der Waals surface area contributed by atoms with Crippen molar-refractivity contribution in [1.82, 2.24) is 15.8 Å². The molecule has 0 bridgehead atoms. The number of guanidine groups is 1. The third-order valence-corrected chi connectivity index (χ3v) is 6.11. The van der Waals surface area contributed by atoms with Crippen LogP contribution in [0, 0.1) is 0 Å². The van der Waals surface area contributed by atoms with Crippen molar-refractivity contribution in [3.05, 3.63) is 17.5 Å². The molecule has 0 aromatic carbocycles. The first-order valence-electron chi connectivity index (χ1n) is 9.73. The van der Waals surface area contributed by atoms with Gasteiger partial charge in [-0.1, -0.05) is 25.4 Å². The van der Waals surface area contributed by atoms with Crippen LogP contribution in [-0.4, -0.2) is 35.2 Å². The number of aliphatic imine (C=N–C) groups is 1. The largest absolute Gasteiger partial charge is 0.359 e. The summed E-state index contributed by atoms with van der Waals surface area (Å²) in [5, 5.41) is 12.0. The summed E-state index contributed by atoms with van der Waals surface area (Å²) in [7, 11) is 0. The third kappa shape index (κ3) is 7.29. The van der Waals surface area contributed by atoms with Crippen LogP contribution in [0.1, 0.15) is 76.7 Å². The van der Waals surface area contributed by atoms with Gasteiger partial charge in [-0.15, -0.1) is 24.0 Å². The molecule has 2 atom stereocenters. The Morgan fingerprint density at radius 2 is 2.12 bits per heavy atom. The molecule has 0 spiro atoms. The molecule has 0 saturated heterocycles. The van der Waals surface area contributed by atoms with E-state index in [1.165, 1.54) is 25.7 Å². The molecule has 1 aromatic heterocycles. The fraction of sp³-hybridized carbons (Fsp3) is 0.789. The molecule has 0 aliphatic heterocycles. The second-order valence-corrected chi connectivity index (χ2v) is 7.93. The van der Waals surface area contributed by atoms with Crippen molar-refractivity contribution in [3.8, 4) is 0 Å². The van der Waals surface area contributed by atoms with Crippen molar-refractivity contribution in [3.63, 3.8) is 0 Å². The molecule has 0 amide bonds. The number of hydrogen-bond donors (Lipinski definition) is 2. The Morgan fingerprint density at radius 3 is 2.77 bits per heavy atom. The molecule has 26 heavy (non-hydrogen) atoms. The summed E-state index contributed by atoms with van der Waals surface area (Å²) in [5.41, 5.74) is 1.06. The Bertz CT molecular complexity index is 533. The van der Waals surface area contributed by atoms with Gasteiger partial charge in [0.25, 0.3) is 0 Å². The number of thioether (sulfide) groups is 1. The van der Waals surface area contributed by atoms with Gasteiger partial charge in [0.1, 0.15) is 6.54 Å². The average Bonchev–Trinajstić information content (AvgIpc) is 3.10. The molecule has 1 saturated carbocycles. The standard InChI is InChI=1S/C19H34N4OS.HI/c1-5-14(6-2)18-12-16(24-23-18)13-21-19(20-7-3)22-15-9-8-10-17(11-15)25-4;/h12,14-15,17H,5-11,13H2,1-4H3,(H2,20,21,22);1H. The van der Waals surface area contributed by atoms with Crippen LogP contribution in [0.15, 0.2) is 15.6 Å². The van der Waals surface area contributed by atoms with Gasteiger partial charge in [-0.2, -0.15) is 11.8 Å². The van der Waals surface area contributed by atoms with Crippen LogP contribution in [0.4, 0.5) is 0 Å². The van der Waals surface area contributed by atoms with Crippen LogP contribution in [0.2, 0.25) is 0 Å². The van der Waals surface area contributed by atoms with Crippen LogP contribution in [0.3, 0.4) is 0 Å². The normalized spacial score (nSPS) is 20.7. The van der Waals surface area contributed by atoms with Crippen molar-refractivity contribution in [2.24, 2.45) is 4.99 Å². The smallest absolute Gasteiger partial charge is 0.191 e. The lowest BCUT2D eigenvalue weighted by molar-refractivity contribution is 0.371. The Morgan fingerprint density at radius 1 is 1.35 bits per heavy atom. The Labute approximate surface area is 179 Å². The SMILES string of the molecule is CCNC(=NCc1cc(C(CC)CC)no1)NC1CCCC(SC)C1.I. The van der Waals surface area contributed by atoms with Crippen LogP contribution in [-0.2, 0) is 6.54 Å². The number of nitrogens with zero attached hydrogens (tertiary/aromatic N) is 2. The van der Waals surface area contributed by atoms with E-state index in [4.69, 9.17) is 9.52 Å². The molecular formula is C19H35IN4OS. The van der Waals surface area contributed by atoms with Gasteiger partial charge in [-0.05, 0) is 45.3 Å². The van der Waals surface area contributed by atoms with Crippen LogP contribution >= 0.6 is 35.7 Å². The Kier molecular flexibility index (Phi) is 11.7. The highest BCUT2D eigenvalue weighted by Crippen LogP contribution is 2.27. The summed E-state index contributed by atoms with van der Waals surface area (Å²) in [4.78, 5) is 4.71. The van der Waals surface area contributed by atoms with E-state index < -0.39 is 0 Å². The van der Waals surface area contributed by atoms with E-state index in [0.29, 0.717) is 18.5 Å².